The van der Waals surface area contributed by atoms with Gasteiger partial charge in [0.05, 0.1) is 13.2 Å². The molecule has 22 heavy (non-hydrogen) atoms. The van der Waals surface area contributed by atoms with Crippen molar-refractivity contribution >= 4 is 30.7 Å². The van der Waals surface area contributed by atoms with Crippen molar-refractivity contribution in [2.75, 3.05) is 33.9 Å². The molecule has 1 aliphatic heterocycles. The van der Waals surface area contributed by atoms with Gasteiger partial charge in [-0.15, -0.1) is 24.8 Å². The molecule has 0 saturated carbocycles. The van der Waals surface area contributed by atoms with E-state index in [2.05, 4.69) is 27.7 Å². The third-order valence-electron chi connectivity index (χ3n) is 3.30. The average Bonchev–Trinajstić information content (AvgIpc) is 2.46. The molecule has 1 aliphatic rings. The molecule has 1 fully saturated rings. The number of hydrogen-bond donors (Lipinski definition) is 2. The van der Waals surface area contributed by atoms with Gasteiger partial charge >= 0.3 is 0 Å². The third-order valence-corrected chi connectivity index (χ3v) is 3.30. The van der Waals surface area contributed by atoms with Crippen LogP contribution in [0.25, 0.3) is 0 Å². The third kappa shape index (κ3) is 6.50. The summed E-state index contributed by atoms with van der Waals surface area (Å²) in [6, 6.07) is 7.96. The summed E-state index contributed by atoms with van der Waals surface area (Å²) in [6.07, 6.45) is 0. The lowest BCUT2D eigenvalue weighted by atomic mass is 10.1. The van der Waals surface area contributed by atoms with E-state index in [9.17, 15) is 4.79 Å². The van der Waals surface area contributed by atoms with Gasteiger partial charge in [0.25, 0.3) is 0 Å². The van der Waals surface area contributed by atoms with E-state index in [1.165, 1.54) is 5.56 Å². The van der Waals surface area contributed by atoms with Gasteiger partial charge in [0.1, 0.15) is 6.04 Å². The van der Waals surface area contributed by atoms with Crippen LogP contribution in [-0.2, 0) is 22.6 Å². The molecule has 0 aliphatic carbocycles. The van der Waals surface area contributed by atoms with Crippen molar-refractivity contribution in [3.05, 3.63) is 35.4 Å². The van der Waals surface area contributed by atoms with Crippen LogP contribution in [0, 0.1) is 0 Å². The van der Waals surface area contributed by atoms with Crippen LogP contribution < -0.4 is 10.6 Å². The summed E-state index contributed by atoms with van der Waals surface area (Å²) >= 11 is 0. The number of hydrogen-bond acceptors (Lipinski definition) is 4. The zero-order chi connectivity index (χ0) is 14.4. The van der Waals surface area contributed by atoms with Gasteiger partial charge in [-0.1, -0.05) is 24.3 Å². The highest BCUT2D eigenvalue weighted by molar-refractivity contribution is 5.85. The predicted molar refractivity (Wildman–Crippen MR) is 92.8 cm³/mol. The SMILES string of the molecule is CN(C)Cc1ccccc1CNC(=O)C1COCCN1.Cl.Cl. The molecule has 2 N–H and O–H groups in total. The molecule has 1 unspecified atom stereocenters. The number of rotatable bonds is 5. The zero-order valence-corrected chi connectivity index (χ0v) is 14.6. The van der Waals surface area contributed by atoms with Crippen LogP contribution in [0.1, 0.15) is 11.1 Å². The van der Waals surface area contributed by atoms with Gasteiger partial charge in [-0.2, -0.15) is 0 Å². The molecule has 7 heteroatoms. The Morgan fingerprint density at radius 3 is 2.59 bits per heavy atom. The van der Waals surface area contributed by atoms with E-state index in [0.717, 1.165) is 18.7 Å². The first-order chi connectivity index (χ1) is 9.66. The molecule has 1 aromatic rings. The molecule has 1 amide bonds. The molecule has 0 radical (unpaired) electrons. The highest BCUT2D eigenvalue weighted by Gasteiger charge is 2.20. The molecule has 0 aromatic heterocycles. The summed E-state index contributed by atoms with van der Waals surface area (Å²) in [4.78, 5) is 14.2. The van der Waals surface area contributed by atoms with Crippen molar-refractivity contribution in [3.8, 4) is 0 Å². The maximum Gasteiger partial charge on any atom is 0.239 e. The molecule has 1 atom stereocenters. The standard InChI is InChI=1S/C15H23N3O2.2ClH/c1-18(2)10-13-6-4-3-5-12(13)9-17-15(19)14-11-20-8-7-16-14;;/h3-6,14,16H,7-11H2,1-2H3,(H,17,19);2*1H. The normalized spacial score (nSPS) is 17.3. The van der Waals surface area contributed by atoms with E-state index in [1.807, 2.05) is 26.2 Å². The Kier molecular flexibility index (Phi) is 10.4. The van der Waals surface area contributed by atoms with Gasteiger partial charge in [-0.25, -0.2) is 0 Å². The maximum atomic E-state index is 12.0. The van der Waals surface area contributed by atoms with Crippen LogP contribution in [0.3, 0.4) is 0 Å². The van der Waals surface area contributed by atoms with Crippen LogP contribution in [-0.4, -0.2) is 50.7 Å². The molecule has 0 spiro atoms. The van der Waals surface area contributed by atoms with Gasteiger partial charge in [-0.3, -0.25) is 4.79 Å². The lowest BCUT2D eigenvalue weighted by Crippen LogP contribution is -2.51. The number of morpholine rings is 1. The van der Waals surface area contributed by atoms with E-state index in [4.69, 9.17) is 4.74 Å². The molecule has 126 valence electrons. The van der Waals surface area contributed by atoms with Crippen molar-refractivity contribution < 1.29 is 9.53 Å². The maximum absolute atomic E-state index is 12.0. The lowest BCUT2D eigenvalue weighted by molar-refractivity contribution is -0.126. The lowest BCUT2D eigenvalue weighted by Gasteiger charge is -2.23. The van der Waals surface area contributed by atoms with Crippen molar-refractivity contribution in [3.63, 3.8) is 0 Å². The quantitative estimate of drug-likeness (QED) is 0.838. The highest BCUT2D eigenvalue weighted by atomic mass is 35.5. The number of carbonyl (C=O) groups excluding carboxylic acids is 1. The number of nitrogens with one attached hydrogen (secondary N) is 2. The Morgan fingerprint density at radius 2 is 2.00 bits per heavy atom. The van der Waals surface area contributed by atoms with Crippen molar-refractivity contribution in [1.82, 2.24) is 15.5 Å². The monoisotopic (exact) mass is 349 g/mol. The summed E-state index contributed by atoms with van der Waals surface area (Å²) in [5.74, 6) is 0.00403. The van der Waals surface area contributed by atoms with E-state index in [-0.39, 0.29) is 36.8 Å². The number of carbonyl (C=O) groups is 1. The number of halogens is 2. The van der Waals surface area contributed by atoms with Crippen LogP contribution in [0.4, 0.5) is 0 Å². The fourth-order valence-corrected chi connectivity index (χ4v) is 2.26. The van der Waals surface area contributed by atoms with Crippen LogP contribution >= 0.6 is 24.8 Å². The Hall–Kier alpha value is -0.850. The van der Waals surface area contributed by atoms with E-state index < -0.39 is 0 Å². The molecule has 2 rings (SSSR count). The van der Waals surface area contributed by atoms with E-state index in [0.29, 0.717) is 19.8 Å². The Morgan fingerprint density at radius 1 is 1.32 bits per heavy atom. The minimum atomic E-state index is -0.232. The second kappa shape index (κ2) is 10.8. The van der Waals surface area contributed by atoms with Crippen LogP contribution in [0.15, 0.2) is 24.3 Å². The topological polar surface area (TPSA) is 53.6 Å². The minimum Gasteiger partial charge on any atom is -0.378 e. The van der Waals surface area contributed by atoms with E-state index >= 15 is 0 Å². The molecule has 1 aromatic carbocycles. The van der Waals surface area contributed by atoms with Crippen molar-refractivity contribution in [2.24, 2.45) is 0 Å². The number of benzene rings is 1. The van der Waals surface area contributed by atoms with Gasteiger partial charge in [-0.05, 0) is 25.2 Å². The summed E-state index contributed by atoms with van der Waals surface area (Å²) in [5, 5.41) is 6.14. The summed E-state index contributed by atoms with van der Waals surface area (Å²) < 4.78 is 5.30. The largest absolute Gasteiger partial charge is 0.378 e. The Bertz CT molecular complexity index is 452. The van der Waals surface area contributed by atoms with Crippen LogP contribution in [0.5, 0.6) is 0 Å². The first-order valence-corrected chi connectivity index (χ1v) is 6.97. The van der Waals surface area contributed by atoms with Gasteiger partial charge in [0.2, 0.25) is 5.91 Å². The number of amides is 1. The number of ether oxygens (including phenoxy) is 1. The smallest absolute Gasteiger partial charge is 0.239 e. The fraction of sp³-hybridized carbons (Fsp3) is 0.533. The molecule has 1 heterocycles. The highest BCUT2D eigenvalue weighted by Crippen LogP contribution is 2.10. The summed E-state index contributed by atoms with van der Waals surface area (Å²) in [6.45, 7) is 3.29. The van der Waals surface area contributed by atoms with Gasteiger partial charge in [0, 0.05) is 19.6 Å². The zero-order valence-electron chi connectivity index (χ0n) is 13.0. The first-order valence-electron chi connectivity index (χ1n) is 6.97. The first kappa shape index (κ1) is 21.1. The summed E-state index contributed by atoms with van der Waals surface area (Å²) in [7, 11) is 4.08. The summed E-state index contributed by atoms with van der Waals surface area (Å²) in [5.41, 5.74) is 2.40. The van der Waals surface area contributed by atoms with Crippen molar-refractivity contribution in [1.29, 1.82) is 0 Å². The van der Waals surface area contributed by atoms with Gasteiger partial charge < -0.3 is 20.3 Å². The molecular weight excluding hydrogens is 325 g/mol. The minimum absolute atomic E-state index is 0. The molecular formula is C15H25Cl2N3O2. The fourth-order valence-electron chi connectivity index (χ4n) is 2.26. The predicted octanol–water partition coefficient (Wildman–Crippen LogP) is 1.20. The number of nitrogens with zero attached hydrogens (tertiary/aromatic N) is 1. The van der Waals surface area contributed by atoms with Crippen LogP contribution in [0.2, 0.25) is 0 Å². The second-order valence-electron chi connectivity index (χ2n) is 5.31. The Balaban J connectivity index is 0.00000220. The van der Waals surface area contributed by atoms with E-state index in [1.54, 1.807) is 0 Å². The van der Waals surface area contributed by atoms with Crippen molar-refractivity contribution in [2.45, 2.75) is 19.1 Å². The molecule has 1 saturated heterocycles. The average molecular weight is 350 g/mol. The molecule has 5 nitrogen and oxygen atoms in total. The molecule has 0 bridgehead atoms. The van der Waals surface area contributed by atoms with Gasteiger partial charge in [0.15, 0.2) is 0 Å². The Labute approximate surface area is 144 Å². The second-order valence-corrected chi connectivity index (χ2v) is 5.31.